The SMILES string of the molecule is CC1CCCC(OCCCl)(C(=O)O)C1. The van der Waals surface area contributed by atoms with Gasteiger partial charge >= 0.3 is 5.97 Å². The lowest BCUT2D eigenvalue weighted by atomic mass is 9.79. The molecule has 0 amide bonds. The molecule has 0 saturated heterocycles. The molecule has 4 heteroatoms. The molecule has 0 spiro atoms. The molecule has 0 aromatic carbocycles. The molecule has 1 saturated carbocycles. The molecule has 1 N–H and O–H groups in total. The van der Waals surface area contributed by atoms with E-state index < -0.39 is 11.6 Å². The maximum Gasteiger partial charge on any atom is 0.335 e. The van der Waals surface area contributed by atoms with Crippen molar-refractivity contribution in [1.82, 2.24) is 0 Å². The van der Waals surface area contributed by atoms with Gasteiger partial charge in [-0.3, -0.25) is 0 Å². The first-order valence-corrected chi connectivity index (χ1v) is 5.57. The van der Waals surface area contributed by atoms with Gasteiger partial charge in [0.05, 0.1) is 6.61 Å². The highest BCUT2D eigenvalue weighted by Gasteiger charge is 2.42. The monoisotopic (exact) mass is 220 g/mol. The fourth-order valence-corrected chi connectivity index (χ4v) is 2.20. The van der Waals surface area contributed by atoms with Gasteiger partial charge in [0.1, 0.15) is 0 Å². The molecule has 0 bridgehead atoms. The van der Waals surface area contributed by atoms with Crippen molar-refractivity contribution in [2.75, 3.05) is 12.5 Å². The molecule has 1 aliphatic carbocycles. The third-order valence-electron chi connectivity index (χ3n) is 2.80. The second-order valence-electron chi connectivity index (χ2n) is 4.04. The lowest BCUT2D eigenvalue weighted by molar-refractivity contribution is -0.172. The summed E-state index contributed by atoms with van der Waals surface area (Å²) in [5.74, 6) is -0.0620. The number of aliphatic carboxylic acids is 1. The molecule has 2 atom stereocenters. The predicted molar refractivity (Wildman–Crippen MR) is 54.7 cm³/mol. The third-order valence-corrected chi connectivity index (χ3v) is 2.96. The van der Waals surface area contributed by atoms with Crippen LogP contribution < -0.4 is 0 Å². The smallest absolute Gasteiger partial charge is 0.335 e. The molecule has 0 heterocycles. The minimum absolute atomic E-state index is 0.320. The second-order valence-corrected chi connectivity index (χ2v) is 4.42. The predicted octanol–water partition coefficient (Wildman–Crippen LogP) is 2.28. The molecule has 0 aromatic heterocycles. The molecule has 82 valence electrons. The Labute approximate surface area is 89.4 Å². The molecule has 1 fully saturated rings. The summed E-state index contributed by atoms with van der Waals surface area (Å²) in [7, 11) is 0. The Morgan fingerprint density at radius 2 is 2.43 bits per heavy atom. The van der Waals surface area contributed by atoms with Crippen LogP contribution >= 0.6 is 11.6 Å². The third kappa shape index (κ3) is 2.61. The molecule has 0 aromatic rings. The molecule has 0 aliphatic heterocycles. The van der Waals surface area contributed by atoms with E-state index in [-0.39, 0.29) is 0 Å². The number of ether oxygens (including phenoxy) is 1. The van der Waals surface area contributed by atoms with Gasteiger partial charge in [-0.2, -0.15) is 0 Å². The van der Waals surface area contributed by atoms with Crippen molar-refractivity contribution in [2.45, 2.75) is 38.2 Å². The highest BCUT2D eigenvalue weighted by molar-refractivity contribution is 6.18. The van der Waals surface area contributed by atoms with Crippen LogP contribution in [0.4, 0.5) is 0 Å². The Bertz CT molecular complexity index is 208. The van der Waals surface area contributed by atoms with Gasteiger partial charge < -0.3 is 9.84 Å². The lowest BCUT2D eigenvalue weighted by Gasteiger charge is -2.36. The highest BCUT2D eigenvalue weighted by Crippen LogP contribution is 2.35. The van der Waals surface area contributed by atoms with E-state index in [2.05, 4.69) is 6.92 Å². The first-order valence-electron chi connectivity index (χ1n) is 5.04. The van der Waals surface area contributed by atoms with E-state index >= 15 is 0 Å². The largest absolute Gasteiger partial charge is 0.479 e. The van der Waals surface area contributed by atoms with Crippen molar-refractivity contribution < 1.29 is 14.6 Å². The molecule has 0 radical (unpaired) electrons. The highest BCUT2D eigenvalue weighted by atomic mass is 35.5. The Morgan fingerprint density at radius 1 is 1.71 bits per heavy atom. The average molecular weight is 221 g/mol. The van der Waals surface area contributed by atoms with Crippen LogP contribution in [0.3, 0.4) is 0 Å². The molecule has 14 heavy (non-hydrogen) atoms. The van der Waals surface area contributed by atoms with Gasteiger partial charge in [-0.15, -0.1) is 11.6 Å². The Morgan fingerprint density at radius 3 is 2.93 bits per heavy atom. The topological polar surface area (TPSA) is 46.5 Å². The summed E-state index contributed by atoms with van der Waals surface area (Å²) in [6, 6.07) is 0. The zero-order valence-corrected chi connectivity index (χ0v) is 9.22. The Kier molecular flexibility index (Phi) is 4.20. The van der Waals surface area contributed by atoms with E-state index in [1.165, 1.54) is 0 Å². The van der Waals surface area contributed by atoms with Crippen LogP contribution in [-0.2, 0) is 9.53 Å². The fraction of sp³-hybridized carbons (Fsp3) is 0.900. The van der Waals surface area contributed by atoms with E-state index in [1.807, 2.05) is 0 Å². The van der Waals surface area contributed by atoms with Gasteiger partial charge in [-0.25, -0.2) is 4.79 Å². The van der Waals surface area contributed by atoms with E-state index in [1.54, 1.807) is 0 Å². The summed E-state index contributed by atoms with van der Waals surface area (Å²) >= 11 is 5.51. The number of carbonyl (C=O) groups is 1. The summed E-state index contributed by atoms with van der Waals surface area (Å²) in [4.78, 5) is 11.2. The quantitative estimate of drug-likeness (QED) is 0.740. The zero-order valence-electron chi connectivity index (χ0n) is 8.46. The lowest BCUT2D eigenvalue weighted by Crippen LogP contribution is -2.45. The number of hydrogen-bond donors (Lipinski definition) is 1. The molecule has 3 nitrogen and oxygen atoms in total. The van der Waals surface area contributed by atoms with Gasteiger partial charge in [0.2, 0.25) is 0 Å². The van der Waals surface area contributed by atoms with Crippen molar-refractivity contribution in [3.8, 4) is 0 Å². The summed E-state index contributed by atoms with van der Waals surface area (Å²) in [6.45, 7) is 2.39. The summed E-state index contributed by atoms with van der Waals surface area (Å²) in [5.41, 5.74) is -0.966. The molecule has 1 rings (SSSR count). The van der Waals surface area contributed by atoms with E-state index in [9.17, 15) is 4.79 Å². The van der Waals surface area contributed by atoms with Crippen molar-refractivity contribution >= 4 is 17.6 Å². The van der Waals surface area contributed by atoms with Gasteiger partial charge in [-0.05, 0) is 25.2 Å². The van der Waals surface area contributed by atoms with Crippen LogP contribution in [0.2, 0.25) is 0 Å². The van der Waals surface area contributed by atoms with E-state index in [0.29, 0.717) is 31.2 Å². The number of carboxylic acids is 1. The summed E-state index contributed by atoms with van der Waals surface area (Å²) in [5, 5.41) is 9.17. The van der Waals surface area contributed by atoms with E-state index in [4.69, 9.17) is 21.4 Å². The minimum Gasteiger partial charge on any atom is -0.479 e. The van der Waals surface area contributed by atoms with Crippen molar-refractivity contribution in [3.05, 3.63) is 0 Å². The Balaban J connectivity index is 2.65. The zero-order chi connectivity index (χ0) is 10.6. The molecule has 2 unspecified atom stereocenters. The minimum atomic E-state index is -0.966. The van der Waals surface area contributed by atoms with Gasteiger partial charge in [0, 0.05) is 5.88 Å². The first kappa shape index (κ1) is 11.8. The van der Waals surface area contributed by atoms with Crippen molar-refractivity contribution in [3.63, 3.8) is 0 Å². The van der Waals surface area contributed by atoms with Crippen LogP contribution in [0.15, 0.2) is 0 Å². The van der Waals surface area contributed by atoms with Crippen LogP contribution in [-0.4, -0.2) is 29.2 Å². The average Bonchev–Trinajstić information content (AvgIpc) is 2.14. The molecular weight excluding hydrogens is 204 g/mol. The van der Waals surface area contributed by atoms with Gasteiger partial charge in [0.15, 0.2) is 5.60 Å². The van der Waals surface area contributed by atoms with Crippen molar-refractivity contribution in [2.24, 2.45) is 5.92 Å². The van der Waals surface area contributed by atoms with Crippen LogP contribution in [0, 0.1) is 5.92 Å². The normalized spacial score (nSPS) is 32.9. The maximum atomic E-state index is 11.2. The summed E-state index contributed by atoms with van der Waals surface area (Å²) < 4.78 is 5.42. The number of hydrogen-bond acceptors (Lipinski definition) is 2. The summed E-state index contributed by atoms with van der Waals surface area (Å²) in [6.07, 6.45) is 3.25. The van der Waals surface area contributed by atoms with Crippen LogP contribution in [0.1, 0.15) is 32.6 Å². The molecular formula is C10H17ClO3. The van der Waals surface area contributed by atoms with Crippen LogP contribution in [0.5, 0.6) is 0 Å². The van der Waals surface area contributed by atoms with Gasteiger partial charge in [0.25, 0.3) is 0 Å². The fourth-order valence-electron chi connectivity index (χ4n) is 2.12. The molecule has 1 aliphatic rings. The second kappa shape index (κ2) is 4.99. The van der Waals surface area contributed by atoms with Crippen molar-refractivity contribution in [1.29, 1.82) is 0 Å². The van der Waals surface area contributed by atoms with Crippen LogP contribution in [0.25, 0.3) is 0 Å². The van der Waals surface area contributed by atoms with E-state index in [0.717, 1.165) is 12.8 Å². The number of carboxylic acid groups (broad SMARTS) is 1. The first-order chi connectivity index (χ1) is 6.60. The Hall–Kier alpha value is -0.280. The maximum absolute atomic E-state index is 11.2. The van der Waals surface area contributed by atoms with Gasteiger partial charge in [-0.1, -0.05) is 13.3 Å². The standard InChI is InChI=1S/C10H17ClO3/c1-8-3-2-4-10(7-8,9(12)13)14-6-5-11/h8H,2-7H2,1H3,(H,12,13). The number of alkyl halides is 1. The number of halogens is 1. The number of rotatable bonds is 4.